The van der Waals surface area contributed by atoms with E-state index in [9.17, 15) is 9.50 Å². The van der Waals surface area contributed by atoms with Crippen molar-refractivity contribution in [3.8, 4) is 5.75 Å². The lowest BCUT2D eigenvalue weighted by molar-refractivity contribution is 0.470. The van der Waals surface area contributed by atoms with E-state index in [0.29, 0.717) is 5.56 Å². The van der Waals surface area contributed by atoms with E-state index in [0.717, 1.165) is 19.5 Å². The van der Waals surface area contributed by atoms with Crippen molar-refractivity contribution in [1.82, 2.24) is 5.32 Å². The van der Waals surface area contributed by atoms with Crippen LogP contribution in [0.15, 0.2) is 12.1 Å². The lowest BCUT2D eigenvalue weighted by Crippen LogP contribution is -2.09. The number of phenolic OH excluding ortho intramolecular Hbond substituents is 1. The Bertz CT molecular complexity index is 350. The van der Waals surface area contributed by atoms with E-state index in [-0.39, 0.29) is 22.5 Å². The highest BCUT2D eigenvalue weighted by Gasteiger charge is 2.23. The Hall–Kier alpha value is -0.800. The summed E-state index contributed by atoms with van der Waals surface area (Å²) in [5.74, 6) is -0.300. The Morgan fingerprint density at radius 2 is 2.29 bits per heavy atom. The molecule has 76 valence electrons. The molecule has 0 aliphatic carbocycles. The molecule has 1 aromatic carbocycles. The van der Waals surface area contributed by atoms with Gasteiger partial charge in [0.1, 0.15) is 11.6 Å². The zero-order valence-corrected chi connectivity index (χ0v) is 8.31. The first kappa shape index (κ1) is 9.74. The second-order valence-electron chi connectivity index (χ2n) is 3.48. The van der Waals surface area contributed by atoms with Gasteiger partial charge < -0.3 is 10.4 Å². The molecule has 1 unspecified atom stereocenters. The molecule has 0 spiro atoms. The summed E-state index contributed by atoms with van der Waals surface area (Å²) < 4.78 is 13.5. The molecule has 0 aromatic heterocycles. The average molecular weight is 216 g/mol. The summed E-state index contributed by atoms with van der Waals surface area (Å²) in [6, 6.07) is 2.54. The second kappa shape index (κ2) is 3.75. The molecule has 2 rings (SSSR count). The third-order valence-electron chi connectivity index (χ3n) is 2.57. The first-order chi connectivity index (χ1) is 6.70. The summed E-state index contributed by atoms with van der Waals surface area (Å²) in [6.45, 7) is 1.59. The summed E-state index contributed by atoms with van der Waals surface area (Å²) >= 11 is 5.86. The van der Waals surface area contributed by atoms with E-state index in [1.165, 1.54) is 12.1 Å². The molecule has 1 aliphatic rings. The lowest BCUT2D eigenvalue weighted by Gasteiger charge is -2.12. The molecule has 4 heteroatoms. The Labute approximate surface area is 86.7 Å². The largest absolute Gasteiger partial charge is 0.506 e. The maximum absolute atomic E-state index is 13.5. The van der Waals surface area contributed by atoms with E-state index in [1.807, 2.05) is 0 Å². The van der Waals surface area contributed by atoms with Crippen LogP contribution in [0.5, 0.6) is 5.75 Å². The second-order valence-corrected chi connectivity index (χ2v) is 3.86. The summed E-state index contributed by atoms with van der Waals surface area (Å²) in [5.41, 5.74) is 0.441. The smallest absolute Gasteiger partial charge is 0.134 e. The van der Waals surface area contributed by atoms with Crippen molar-refractivity contribution in [3.05, 3.63) is 28.5 Å². The molecule has 1 atom stereocenters. The summed E-state index contributed by atoms with van der Waals surface area (Å²) in [6.07, 6.45) is 0.861. The van der Waals surface area contributed by atoms with Crippen LogP contribution in [-0.4, -0.2) is 18.2 Å². The van der Waals surface area contributed by atoms with Gasteiger partial charge in [-0.05, 0) is 25.1 Å². The van der Waals surface area contributed by atoms with E-state index < -0.39 is 0 Å². The molecule has 0 bridgehead atoms. The number of rotatable bonds is 1. The van der Waals surface area contributed by atoms with Crippen molar-refractivity contribution in [3.63, 3.8) is 0 Å². The van der Waals surface area contributed by atoms with Gasteiger partial charge in [-0.3, -0.25) is 0 Å². The van der Waals surface area contributed by atoms with Crippen molar-refractivity contribution < 1.29 is 9.50 Å². The van der Waals surface area contributed by atoms with Gasteiger partial charge in [-0.2, -0.15) is 0 Å². The number of phenols is 1. The molecule has 1 saturated heterocycles. The third-order valence-corrected chi connectivity index (χ3v) is 2.97. The van der Waals surface area contributed by atoms with Gasteiger partial charge in [0, 0.05) is 18.0 Å². The Kier molecular flexibility index (Phi) is 2.61. The molecule has 0 saturated carbocycles. The first-order valence-electron chi connectivity index (χ1n) is 4.57. The molecular formula is C10H11ClFNO. The summed E-state index contributed by atoms with van der Waals surface area (Å²) in [5, 5.41) is 12.7. The Morgan fingerprint density at radius 3 is 2.93 bits per heavy atom. The normalized spacial score (nSPS) is 21.4. The molecule has 0 radical (unpaired) electrons. The van der Waals surface area contributed by atoms with Crippen LogP contribution in [0.25, 0.3) is 0 Å². The van der Waals surface area contributed by atoms with Gasteiger partial charge in [0.25, 0.3) is 0 Å². The van der Waals surface area contributed by atoms with Gasteiger partial charge in [-0.1, -0.05) is 11.6 Å². The molecule has 1 aromatic rings. The van der Waals surface area contributed by atoms with Crippen LogP contribution in [0.3, 0.4) is 0 Å². The van der Waals surface area contributed by atoms with Gasteiger partial charge in [0.15, 0.2) is 0 Å². The minimum Gasteiger partial charge on any atom is -0.506 e. The number of nitrogens with one attached hydrogen (secondary N) is 1. The van der Waals surface area contributed by atoms with Crippen LogP contribution in [0, 0.1) is 5.82 Å². The van der Waals surface area contributed by atoms with Gasteiger partial charge in [0.05, 0.1) is 5.02 Å². The van der Waals surface area contributed by atoms with Gasteiger partial charge in [-0.25, -0.2) is 4.39 Å². The maximum Gasteiger partial charge on any atom is 0.134 e. The van der Waals surface area contributed by atoms with Crippen LogP contribution >= 0.6 is 11.6 Å². The van der Waals surface area contributed by atoms with Crippen LogP contribution in [0.1, 0.15) is 17.9 Å². The van der Waals surface area contributed by atoms with Gasteiger partial charge >= 0.3 is 0 Å². The van der Waals surface area contributed by atoms with Crippen molar-refractivity contribution in [2.45, 2.75) is 12.3 Å². The van der Waals surface area contributed by atoms with Gasteiger partial charge in [0.2, 0.25) is 0 Å². The predicted octanol–water partition coefficient (Wildman–Crippen LogP) is 2.26. The Morgan fingerprint density at radius 1 is 1.50 bits per heavy atom. The fourth-order valence-electron chi connectivity index (χ4n) is 1.83. The van der Waals surface area contributed by atoms with Crippen molar-refractivity contribution in [2.75, 3.05) is 13.1 Å². The number of hydrogen-bond donors (Lipinski definition) is 2. The quantitative estimate of drug-likeness (QED) is 0.753. The van der Waals surface area contributed by atoms with Crippen molar-refractivity contribution in [2.24, 2.45) is 0 Å². The zero-order chi connectivity index (χ0) is 10.1. The number of halogens is 2. The van der Waals surface area contributed by atoms with Crippen LogP contribution in [0.2, 0.25) is 5.02 Å². The predicted molar refractivity (Wildman–Crippen MR) is 53.3 cm³/mol. The zero-order valence-electron chi connectivity index (χ0n) is 7.56. The standard InChI is InChI=1S/C10H11ClFNO/c11-10-8(14)2-1-7(12)9(10)6-3-4-13-5-6/h1-2,6,13-14H,3-5H2. The molecule has 1 heterocycles. The van der Waals surface area contributed by atoms with Crippen LogP contribution in [0.4, 0.5) is 4.39 Å². The number of benzene rings is 1. The molecule has 2 nitrogen and oxygen atoms in total. The highest BCUT2D eigenvalue weighted by atomic mass is 35.5. The summed E-state index contributed by atoms with van der Waals surface area (Å²) in [4.78, 5) is 0. The molecular weight excluding hydrogens is 205 g/mol. The van der Waals surface area contributed by atoms with E-state index in [2.05, 4.69) is 5.32 Å². The average Bonchev–Trinajstić information content (AvgIpc) is 2.65. The number of hydrogen-bond acceptors (Lipinski definition) is 2. The maximum atomic E-state index is 13.5. The Balaban J connectivity index is 2.44. The van der Waals surface area contributed by atoms with Gasteiger partial charge in [-0.15, -0.1) is 0 Å². The van der Waals surface area contributed by atoms with E-state index in [4.69, 9.17) is 11.6 Å². The molecule has 14 heavy (non-hydrogen) atoms. The van der Waals surface area contributed by atoms with Crippen LogP contribution < -0.4 is 5.32 Å². The highest BCUT2D eigenvalue weighted by molar-refractivity contribution is 6.32. The highest BCUT2D eigenvalue weighted by Crippen LogP contribution is 2.36. The van der Waals surface area contributed by atoms with Crippen molar-refractivity contribution >= 4 is 11.6 Å². The monoisotopic (exact) mass is 215 g/mol. The fraction of sp³-hybridized carbons (Fsp3) is 0.400. The van der Waals surface area contributed by atoms with Crippen molar-refractivity contribution in [1.29, 1.82) is 0 Å². The van der Waals surface area contributed by atoms with E-state index in [1.54, 1.807) is 0 Å². The molecule has 2 N–H and O–H groups in total. The molecule has 0 amide bonds. The summed E-state index contributed by atoms with van der Waals surface area (Å²) in [7, 11) is 0. The minimum absolute atomic E-state index is 0.0463. The van der Waals surface area contributed by atoms with E-state index >= 15 is 0 Å². The lowest BCUT2D eigenvalue weighted by atomic mass is 9.97. The van der Waals surface area contributed by atoms with Crippen LogP contribution in [-0.2, 0) is 0 Å². The first-order valence-corrected chi connectivity index (χ1v) is 4.95. The number of aromatic hydroxyl groups is 1. The molecule has 1 fully saturated rings. The SMILES string of the molecule is Oc1ccc(F)c(C2CCNC2)c1Cl. The topological polar surface area (TPSA) is 32.3 Å². The third kappa shape index (κ3) is 1.57. The molecule has 1 aliphatic heterocycles. The fourth-order valence-corrected chi connectivity index (χ4v) is 2.14. The minimum atomic E-state index is -0.332.